The van der Waals surface area contributed by atoms with Gasteiger partial charge in [-0.3, -0.25) is 23.9 Å². The molecule has 4 fully saturated rings. The van der Waals surface area contributed by atoms with Crippen molar-refractivity contribution in [2.75, 3.05) is 13.7 Å². The van der Waals surface area contributed by atoms with Gasteiger partial charge in [0.05, 0.1) is 36.0 Å². The van der Waals surface area contributed by atoms with Gasteiger partial charge in [0, 0.05) is 35.1 Å². The summed E-state index contributed by atoms with van der Waals surface area (Å²) in [4.78, 5) is 63.6. The number of allylic oxidation sites excluding steroid dienone is 1. The van der Waals surface area contributed by atoms with Gasteiger partial charge in [-0.15, -0.1) is 0 Å². The first-order valence-electron chi connectivity index (χ1n) is 20.7. The fraction of sp³-hybridized carbons (Fsp3) is 0.651. The molecule has 0 radical (unpaired) electrons. The van der Waals surface area contributed by atoms with E-state index in [1.165, 1.54) is 0 Å². The summed E-state index contributed by atoms with van der Waals surface area (Å²) in [6.45, 7) is 7.08. The lowest BCUT2D eigenvalue weighted by molar-refractivity contribution is -0.159. The first-order chi connectivity index (χ1) is 27.0. The molecule has 1 aromatic carbocycles. The summed E-state index contributed by atoms with van der Waals surface area (Å²) < 4.78 is 46.2. The van der Waals surface area contributed by atoms with Crippen LogP contribution in [0.25, 0.3) is 10.9 Å². The number of benzene rings is 1. The van der Waals surface area contributed by atoms with E-state index in [2.05, 4.69) is 10.0 Å². The molecule has 8 rings (SSSR count). The largest absolute Gasteiger partial charge is 0.497 e. The van der Waals surface area contributed by atoms with Gasteiger partial charge < -0.3 is 24.4 Å². The van der Waals surface area contributed by atoms with E-state index in [0.717, 1.165) is 54.3 Å². The van der Waals surface area contributed by atoms with Gasteiger partial charge in [-0.1, -0.05) is 25.0 Å². The Morgan fingerprint density at radius 1 is 1.07 bits per heavy atom. The molecule has 6 aliphatic rings. The summed E-state index contributed by atoms with van der Waals surface area (Å²) in [7, 11) is -2.35. The van der Waals surface area contributed by atoms with Crippen LogP contribution < -0.4 is 19.5 Å². The Kier molecular flexibility index (Phi) is 9.92. The third-order valence-electron chi connectivity index (χ3n) is 12.9. The Morgan fingerprint density at radius 3 is 2.54 bits per heavy atom. The number of aryl methyl sites for hydroxylation is 1. The standard InChI is InChI=1S/C43H56N4O9S/c1-40(2,3)55-34(48)21-27-11-9-7-6-8-10-12-28-23-43(28,39(51)46-57(52,53)41(4)19-20-41)45-37(49)33-24-42(25-47(33)38(27)50)18-17-30-31-22-29(54-5)15-16-32(31)44-35(26-13-14-26)36(30)56-42/h10,12,15-16,22,26-28,33H,6-9,11,13-14,17-21,23-25H2,1-5H3,(H,45,49)(H,46,51)/b12-10-/t27-,28?,33?,42-,43?/m1/s1. The second-order valence-electron chi connectivity index (χ2n) is 18.6. The maximum Gasteiger partial charge on any atom is 0.307 e. The molecule has 0 bridgehead atoms. The molecule has 3 unspecified atom stereocenters. The molecule has 5 atom stereocenters. The van der Waals surface area contributed by atoms with Crippen molar-refractivity contribution < 1.29 is 41.8 Å². The predicted octanol–water partition coefficient (Wildman–Crippen LogP) is 5.53. The summed E-state index contributed by atoms with van der Waals surface area (Å²) >= 11 is 0. The fourth-order valence-electron chi connectivity index (χ4n) is 9.01. The predicted molar refractivity (Wildman–Crippen MR) is 212 cm³/mol. The number of nitrogens with zero attached hydrogens (tertiary/aromatic N) is 2. The number of hydrogen-bond donors (Lipinski definition) is 2. The molecule has 13 nitrogen and oxygen atoms in total. The lowest BCUT2D eigenvalue weighted by Crippen LogP contribution is -2.57. The number of hydrogen-bond acceptors (Lipinski definition) is 10. The number of rotatable bonds is 7. The number of carbonyl (C=O) groups is 4. The highest BCUT2D eigenvalue weighted by Gasteiger charge is 2.64. The molecule has 57 heavy (non-hydrogen) atoms. The Bertz CT molecular complexity index is 2140. The van der Waals surface area contributed by atoms with Crippen LogP contribution in [0.15, 0.2) is 30.4 Å². The molecule has 1 saturated heterocycles. The van der Waals surface area contributed by atoms with Crippen LogP contribution in [0.5, 0.6) is 11.5 Å². The molecule has 14 heteroatoms. The third kappa shape index (κ3) is 7.74. The topological polar surface area (TPSA) is 170 Å². The molecule has 3 amide bonds. The Morgan fingerprint density at radius 2 is 1.84 bits per heavy atom. The summed E-state index contributed by atoms with van der Waals surface area (Å²) in [5.74, 6) is -1.62. The van der Waals surface area contributed by atoms with E-state index in [4.69, 9.17) is 19.2 Å². The first kappa shape index (κ1) is 39.6. The van der Waals surface area contributed by atoms with Gasteiger partial charge >= 0.3 is 5.97 Å². The summed E-state index contributed by atoms with van der Waals surface area (Å²) in [5, 5.41) is 3.94. The number of nitrogens with one attached hydrogen (secondary N) is 2. The minimum absolute atomic E-state index is 0.101. The van der Waals surface area contributed by atoms with E-state index >= 15 is 0 Å². The number of sulfonamides is 1. The van der Waals surface area contributed by atoms with Gasteiger partial charge in [0.15, 0.2) is 0 Å². The van der Waals surface area contributed by atoms with Crippen LogP contribution in [0.3, 0.4) is 0 Å². The zero-order valence-corrected chi connectivity index (χ0v) is 34.6. The number of carbonyl (C=O) groups excluding carboxylic acids is 4. The Labute approximate surface area is 335 Å². The Balaban J connectivity index is 1.15. The zero-order chi connectivity index (χ0) is 40.5. The van der Waals surface area contributed by atoms with Crippen LogP contribution in [0, 0.1) is 11.8 Å². The highest BCUT2D eigenvalue weighted by atomic mass is 32.2. The lowest BCUT2D eigenvalue weighted by Gasteiger charge is -2.37. The second kappa shape index (κ2) is 14.3. The van der Waals surface area contributed by atoms with Crippen LogP contribution in [0.2, 0.25) is 0 Å². The van der Waals surface area contributed by atoms with Crippen molar-refractivity contribution in [2.24, 2.45) is 11.8 Å². The number of fused-ring (bicyclic) bond motifs is 5. The van der Waals surface area contributed by atoms with Crippen molar-refractivity contribution in [2.45, 2.75) is 151 Å². The number of pyridine rings is 1. The van der Waals surface area contributed by atoms with Gasteiger partial charge in [0.1, 0.15) is 34.3 Å². The van der Waals surface area contributed by atoms with Crippen molar-refractivity contribution in [1.29, 1.82) is 0 Å². The van der Waals surface area contributed by atoms with E-state index in [9.17, 15) is 27.6 Å². The molecule has 1 aromatic heterocycles. The van der Waals surface area contributed by atoms with E-state index < -0.39 is 67.2 Å². The number of methoxy groups -OCH3 is 1. The number of amides is 3. The van der Waals surface area contributed by atoms with Crippen molar-refractivity contribution in [3.05, 3.63) is 41.6 Å². The van der Waals surface area contributed by atoms with E-state index in [1.54, 1.807) is 39.7 Å². The zero-order valence-electron chi connectivity index (χ0n) is 33.8. The number of ether oxygens (including phenoxy) is 3. The monoisotopic (exact) mass is 804 g/mol. The first-order valence-corrected chi connectivity index (χ1v) is 22.2. The molecule has 2 N–H and O–H groups in total. The SMILES string of the molecule is COc1ccc2nc(C3CC3)c3c(c2c1)CC[C@]1(CC2C(=O)NC4(C(=O)NS(=O)(=O)C5(C)CC5)CC4/C=C\CCCCC[C@H](CC(=O)OC(C)(C)C)C(=O)N2C1)O3. The molecule has 1 spiro atoms. The average Bonchev–Trinajstić information content (AvgIpc) is 4.08. The van der Waals surface area contributed by atoms with Crippen LogP contribution in [0.4, 0.5) is 0 Å². The molecule has 2 aromatic rings. The molecular formula is C43H56N4O9S. The van der Waals surface area contributed by atoms with E-state index in [0.29, 0.717) is 50.0 Å². The second-order valence-corrected chi connectivity index (χ2v) is 20.8. The van der Waals surface area contributed by atoms with Gasteiger partial charge in [-0.2, -0.15) is 0 Å². The number of esters is 1. The molecule has 4 heterocycles. The van der Waals surface area contributed by atoms with Crippen molar-refractivity contribution in [1.82, 2.24) is 19.9 Å². The summed E-state index contributed by atoms with van der Waals surface area (Å²) in [6.07, 6.45) is 11.7. The summed E-state index contributed by atoms with van der Waals surface area (Å²) in [6, 6.07) is 4.80. The van der Waals surface area contributed by atoms with Gasteiger partial charge in [0.25, 0.3) is 5.91 Å². The highest BCUT2D eigenvalue weighted by molar-refractivity contribution is 7.91. The van der Waals surface area contributed by atoms with Crippen LogP contribution in [-0.4, -0.2) is 83.2 Å². The molecule has 308 valence electrons. The van der Waals surface area contributed by atoms with Gasteiger partial charge in [-0.05, 0) is 110 Å². The minimum Gasteiger partial charge on any atom is -0.497 e. The molecular weight excluding hydrogens is 749 g/mol. The van der Waals surface area contributed by atoms with Gasteiger partial charge in [-0.25, -0.2) is 13.4 Å². The smallest absolute Gasteiger partial charge is 0.307 e. The number of aromatic nitrogens is 1. The highest BCUT2D eigenvalue weighted by Crippen LogP contribution is 2.52. The van der Waals surface area contributed by atoms with Crippen molar-refractivity contribution >= 4 is 44.6 Å². The molecule has 3 aliphatic heterocycles. The van der Waals surface area contributed by atoms with Gasteiger partial charge in [0.2, 0.25) is 21.8 Å². The van der Waals surface area contributed by atoms with Crippen LogP contribution in [-0.2, 0) is 40.4 Å². The fourth-order valence-corrected chi connectivity index (χ4v) is 10.3. The van der Waals surface area contributed by atoms with E-state index in [-0.39, 0.29) is 37.6 Å². The third-order valence-corrected chi connectivity index (χ3v) is 15.1. The van der Waals surface area contributed by atoms with Crippen LogP contribution >= 0.6 is 0 Å². The normalized spacial score (nSPS) is 30.4. The quantitative estimate of drug-likeness (QED) is 0.268. The summed E-state index contributed by atoms with van der Waals surface area (Å²) in [5.41, 5.74) is -0.400. The van der Waals surface area contributed by atoms with E-state index in [1.807, 2.05) is 30.4 Å². The molecule has 3 aliphatic carbocycles. The van der Waals surface area contributed by atoms with Crippen LogP contribution in [0.1, 0.15) is 128 Å². The minimum atomic E-state index is -3.98. The lowest BCUT2D eigenvalue weighted by atomic mass is 9.86. The maximum absolute atomic E-state index is 14.9. The van der Waals surface area contributed by atoms with Crippen molar-refractivity contribution in [3.8, 4) is 11.5 Å². The van der Waals surface area contributed by atoms with Crippen molar-refractivity contribution in [3.63, 3.8) is 0 Å². The average molecular weight is 805 g/mol. The maximum atomic E-state index is 14.9. The molecule has 3 saturated carbocycles. The Hall–Kier alpha value is -4.20.